The van der Waals surface area contributed by atoms with Crippen molar-refractivity contribution in [3.63, 3.8) is 0 Å². The number of rotatable bonds is 4. The number of aromatic nitrogens is 2. The zero-order valence-electron chi connectivity index (χ0n) is 12.4. The van der Waals surface area contributed by atoms with Crippen molar-refractivity contribution in [2.45, 2.75) is 45.1 Å². The van der Waals surface area contributed by atoms with E-state index in [2.05, 4.69) is 10.4 Å². The number of nitrogens with one attached hydrogen (secondary N) is 1. The van der Waals surface area contributed by atoms with Crippen LogP contribution in [0.4, 0.5) is 5.82 Å². The van der Waals surface area contributed by atoms with E-state index in [1.54, 1.807) is 16.9 Å². The van der Waals surface area contributed by atoms with E-state index in [0.717, 1.165) is 24.3 Å². The highest BCUT2D eigenvalue weighted by Gasteiger charge is 2.50. The van der Waals surface area contributed by atoms with E-state index >= 15 is 0 Å². The van der Waals surface area contributed by atoms with Gasteiger partial charge in [-0.2, -0.15) is 5.10 Å². The first-order valence-electron chi connectivity index (χ1n) is 8.16. The Morgan fingerprint density at radius 2 is 1.90 bits per heavy atom. The number of hydrogen-bond acceptors (Lipinski definition) is 3. The van der Waals surface area contributed by atoms with Gasteiger partial charge >= 0.3 is 0 Å². The number of nitrogens with zero attached hydrogens (tertiary/aromatic N) is 2. The van der Waals surface area contributed by atoms with Crippen LogP contribution < -0.4 is 11.1 Å². The molecule has 1 aromatic heterocycles. The Kier molecular flexibility index (Phi) is 2.98. The molecule has 0 atom stereocenters. The Labute approximate surface area is 125 Å². The van der Waals surface area contributed by atoms with Gasteiger partial charge in [-0.3, -0.25) is 9.48 Å². The maximum atomic E-state index is 12.1. The topological polar surface area (TPSA) is 72.9 Å². The highest BCUT2D eigenvalue weighted by molar-refractivity contribution is 5.75. The SMILES string of the molecule is Nc1ccn(CC(=O)NCC23CC4CC(CC(C4)C2)C3)n1. The predicted octanol–water partition coefficient (Wildman–Crippen LogP) is 1.80. The minimum atomic E-state index is 0.0499. The monoisotopic (exact) mass is 288 g/mol. The van der Waals surface area contributed by atoms with E-state index < -0.39 is 0 Å². The minimum absolute atomic E-state index is 0.0499. The van der Waals surface area contributed by atoms with Crippen molar-refractivity contribution >= 4 is 11.7 Å². The average molecular weight is 288 g/mol. The van der Waals surface area contributed by atoms with E-state index in [-0.39, 0.29) is 12.5 Å². The second kappa shape index (κ2) is 4.75. The lowest BCUT2D eigenvalue weighted by atomic mass is 9.49. The largest absolute Gasteiger partial charge is 0.382 e. The number of amides is 1. The molecule has 5 nitrogen and oxygen atoms in total. The van der Waals surface area contributed by atoms with Crippen LogP contribution in [-0.2, 0) is 11.3 Å². The Balaban J connectivity index is 1.35. The highest BCUT2D eigenvalue weighted by Crippen LogP contribution is 2.59. The summed E-state index contributed by atoms with van der Waals surface area (Å²) in [5.41, 5.74) is 5.96. The van der Waals surface area contributed by atoms with Crippen LogP contribution in [0.15, 0.2) is 12.3 Å². The zero-order chi connectivity index (χ0) is 14.4. The number of carbonyl (C=O) groups excluding carboxylic acids is 1. The first-order chi connectivity index (χ1) is 10.1. The van der Waals surface area contributed by atoms with Crippen molar-refractivity contribution in [2.75, 3.05) is 12.3 Å². The standard InChI is InChI=1S/C16H24N4O/c17-14-1-2-20(19-14)9-15(21)18-10-16-6-11-3-12(7-16)5-13(4-11)8-16/h1-2,11-13H,3-10H2,(H2,17,19)(H,18,21). The molecule has 0 saturated heterocycles. The normalized spacial score (nSPS) is 36.9. The summed E-state index contributed by atoms with van der Waals surface area (Å²) in [5, 5.41) is 7.22. The maximum Gasteiger partial charge on any atom is 0.241 e. The lowest BCUT2D eigenvalue weighted by molar-refractivity contribution is -0.124. The Bertz CT molecular complexity index is 515. The summed E-state index contributed by atoms with van der Waals surface area (Å²) in [6.45, 7) is 1.12. The molecule has 0 aromatic carbocycles. The van der Waals surface area contributed by atoms with Crippen molar-refractivity contribution in [2.24, 2.45) is 23.2 Å². The fraction of sp³-hybridized carbons (Fsp3) is 0.750. The summed E-state index contributed by atoms with van der Waals surface area (Å²) < 4.78 is 1.60. The Hall–Kier alpha value is -1.52. The first kappa shape index (κ1) is 13.2. The second-order valence-electron chi connectivity index (χ2n) is 7.63. The molecule has 4 fully saturated rings. The molecule has 1 heterocycles. The van der Waals surface area contributed by atoms with Crippen LogP contribution in [0.1, 0.15) is 38.5 Å². The molecule has 0 radical (unpaired) electrons. The minimum Gasteiger partial charge on any atom is -0.382 e. The molecular weight excluding hydrogens is 264 g/mol. The molecule has 4 saturated carbocycles. The molecule has 5 rings (SSSR count). The number of nitrogens with two attached hydrogens (primary N) is 1. The molecule has 21 heavy (non-hydrogen) atoms. The van der Waals surface area contributed by atoms with Crippen LogP contribution in [0.25, 0.3) is 0 Å². The molecular formula is C16H24N4O. The van der Waals surface area contributed by atoms with Gasteiger partial charge in [0.05, 0.1) is 0 Å². The summed E-state index contributed by atoms with van der Waals surface area (Å²) in [7, 11) is 0. The quantitative estimate of drug-likeness (QED) is 0.887. The summed E-state index contributed by atoms with van der Waals surface area (Å²) >= 11 is 0. The molecule has 0 spiro atoms. The Morgan fingerprint density at radius 3 is 2.43 bits per heavy atom. The number of hydrogen-bond donors (Lipinski definition) is 2. The highest BCUT2D eigenvalue weighted by atomic mass is 16.2. The van der Waals surface area contributed by atoms with Gasteiger partial charge in [-0.25, -0.2) is 0 Å². The zero-order valence-corrected chi connectivity index (χ0v) is 12.4. The van der Waals surface area contributed by atoms with Crippen LogP contribution in [0.5, 0.6) is 0 Å². The van der Waals surface area contributed by atoms with E-state index in [1.807, 2.05) is 0 Å². The maximum absolute atomic E-state index is 12.1. The number of nitrogen functional groups attached to an aromatic ring is 1. The van der Waals surface area contributed by atoms with Crippen LogP contribution in [-0.4, -0.2) is 22.2 Å². The molecule has 4 aliphatic rings. The van der Waals surface area contributed by atoms with Gasteiger partial charge in [0.2, 0.25) is 5.91 Å². The summed E-state index contributed by atoms with van der Waals surface area (Å²) in [6, 6.07) is 1.71. The van der Waals surface area contributed by atoms with Gasteiger partial charge < -0.3 is 11.1 Å². The van der Waals surface area contributed by atoms with E-state index in [9.17, 15) is 4.79 Å². The molecule has 4 aliphatic carbocycles. The van der Waals surface area contributed by atoms with Crippen LogP contribution in [0.3, 0.4) is 0 Å². The van der Waals surface area contributed by atoms with Gasteiger partial charge in [0, 0.05) is 12.7 Å². The molecule has 1 amide bonds. The summed E-state index contributed by atoms with van der Waals surface area (Å²) in [6.07, 6.45) is 10.1. The van der Waals surface area contributed by atoms with Crippen LogP contribution in [0.2, 0.25) is 0 Å². The smallest absolute Gasteiger partial charge is 0.241 e. The third-order valence-corrected chi connectivity index (χ3v) is 5.79. The Morgan fingerprint density at radius 1 is 1.29 bits per heavy atom. The van der Waals surface area contributed by atoms with Gasteiger partial charge in [-0.1, -0.05) is 0 Å². The number of anilines is 1. The van der Waals surface area contributed by atoms with Crippen molar-refractivity contribution in [3.05, 3.63) is 12.3 Å². The molecule has 0 aliphatic heterocycles. The van der Waals surface area contributed by atoms with Crippen molar-refractivity contribution < 1.29 is 4.79 Å². The number of carbonyl (C=O) groups is 1. The molecule has 114 valence electrons. The van der Waals surface area contributed by atoms with E-state index in [1.165, 1.54) is 38.5 Å². The molecule has 1 aromatic rings. The average Bonchev–Trinajstić information content (AvgIpc) is 2.80. The molecule has 3 N–H and O–H groups in total. The fourth-order valence-corrected chi connectivity index (χ4v) is 5.46. The lowest BCUT2D eigenvalue weighted by Gasteiger charge is -2.56. The lowest BCUT2D eigenvalue weighted by Crippen LogP contribution is -2.51. The predicted molar refractivity (Wildman–Crippen MR) is 80.3 cm³/mol. The van der Waals surface area contributed by atoms with Gasteiger partial charge in [-0.05, 0) is 67.8 Å². The van der Waals surface area contributed by atoms with E-state index in [4.69, 9.17) is 5.73 Å². The second-order valence-corrected chi connectivity index (χ2v) is 7.63. The molecule has 5 heteroatoms. The van der Waals surface area contributed by atoms with Gasteiger partial charge in [0.25, 0.3) is 0 Å². The van der Waals surface area contributed by atoms with Gasteiger partial charge in [0.15, 0.2) is 0 Å². The molecule has 0 unspecified atom stereocenters. The van der Waals surface area contributed by atoms with Crippen molar-refractivity contribution in [3.8, 4) is 0 Å². The molecule has 4 bridgehead atoms. The van der Waals surface area contributed by atoms with Crippen molar-refractivity contribution in [1.82, 2.24) is 15.1 Å². The summed E-state index contributed by atoms with van der Waals surface area (Å²) in [4.78, 5) is 12.1. The van der Waals surface area contributed by atoms with Gasteiger partial charge in [-0.15, -0.1) is 0 Å². The first-order valence-corrected chi connectivity index (χ1v) is 8.16. The van der Waals surface area contributed by atoms with E-state index in [0.29, 0.717) is 11.2 Å². The van der Waals surface area contributed by atoms with Crippen LogP contribution >= 0.6 is 0 Å². The summed E-state index contributed by atoms with van der Waals surface area (Å²) in [5.74, 6) is 3.30. The third kappa shape index (κ3) is 2.54. The third-order valence-electron chi connectivity index (χ3n) is 5.79. The van der Waals surface area contributed by atoms with Crippen molar-refractivity contribution in [1.29, 1.82) is 0 Å². The van der Waals surface area contributed by atoms with Crippen LogP contribution in [0, 0.1) is 23.2 Å². The fourth-order valence-electron chi connectivity index (χ4n) is 5.46. The van der Waals surface area contributed by atoms with Gasteiger partial charge in [0.1, 0.15) is 12.4 Å².